The fourth-order valence-electron chi connectivity index (χ4n) is 0.610. The van der Waals surface area contributed by atoms with Crippen molar-refractivity contribution in [3.8, 4) is 0 Å². The lowest BCUT2D eigenvalue weighted by Crippen LogP contribution is -2.13. The summed E-state index contributed by atoms with van der Waals surface area (Å²) < 4.78 is 9.43. The van der Waals surface area contributed by atoms with Gasteiger partial charge in [-0.15, -0.1) is 0 Å². The summed E-state index contributed by atoms with van der Waals surface area (Å²) in [7, 11) is 0. The highest BCUT2D eigenvalue weighted by atomic mass is 16.5. The van der Waals surface area contributed by atoms with Crippen LogP contribution in [0.3, 0.4) is 0 Å². The molecule has 0 spiro atoms. The maximum atomic E-state index is 10.9. The molecule has 0 aliphatic rings. The quantitative estimate of drug-likeness (QED) is 0.607. The van der Waals surface area contributed by atoms with Crippen LogP contribution in [0.25, 0.3) is 0 Å². The molecule has 0 heterocycles. The zero-order chi connectivity index (χ0) is 10.3. The zero-order valence-corrected chi connectivity index (χ0v) is 8.33. The highest BCUT2D eigenvalue weighted by Gasteiger charge is 2.04. The first kappa shape index (κ1) is 11.9. The molecular weight excluding hydrogens is 172 g/mol. The molecule has 0 aromatic rings. The van der Waals surface area contributed by atoms with Crippen molar-refractivity contribution in [3.05, 3.63) is 0 Å². The monoisotopic (exact) mass is 188 g/mol. The van der Waals surface area contributed by atoms with Crippen LogP contribution < -0.4 is 0 Å². The summed E-state index contributed by atoms with van der Waals surface area (Å²) in [5.74, 6) is -0.371. The van der Waals surface area contributed by atoms with Crippen molar-refractivity contribution in [2.75, 3.05) is 13.2 Å². The number of ether oxygens (including phenoxy) is 2. The van der Waals surface area contributed by atoms with Gasteiger partial charge in [0.15, 0.2) is 0 Å². The molecule has 0 aliphatic heterocycles. The van der Waals surface area contributed by atoms with Crippen molar-refractivity contribution in [1.82, 2.24) is 0 Å². The van der Waals surface area contributed by atoms with Crippen LogP contribution in [0.4, 0.5) is 0 Å². The lowest BCUT2D eigenvalue weighted by Gasteiger charge is -2.06. The van der Waals surface area contributed by atoms with Crippen molar-refractivity contribution >= 4 is 11.9 Å². The van der Waals surface area contributed by atoms with Crippen LogP contribution in [0, 0.1) is 5.92 Å². The van der Waals surface area contributed by atoms with Gasteiger partial charge in [-0.25, -0.2) is 0 Å². The Hall–Kier alpha value is -1.06. The van der Waals surface area contributed by atoms with E-state index in [1.54, 1.807) is 0 Å². The lowest BCUT2D eigenvalue weighted by molar-refractivity contribution is -0.148. The second-order valence-electron chi connectivity index (χ2n) is 3.17. The van der Waals surface area contributed by atoms with E-state index in [2.05, 4.69) is 4.74 Å². The summed E-state index contributed by atoms with van der Waals surface area (Å²) in [6, 6.07) is 0. The van der Waals surface area contributed by atoms with Crippen LogP contribution in [-0.4, -0.2) is 25.2 Å². The SMILES string of the molecule is CC(=O)OCCC(=O)OCC(C)C. The van der Waals surface area contributed by atoms with Gasteiger partial charge in [0, 0.05) is 6.92 Å². The first-order chi connectivity index (χ1) is 6.02. The van der Waals surface area contributed by atoms with Crippen molar-refractivity contribution < 1.29 is 19.1 Å². The summed E-state index contributed by atoms with van der Waals surface area (Å²) in [6.45, 7) is 5.74. The zero-order valence-electron chi connectivity index (χ0n) is 8.33. The van der Waals surface area contributed by atoms with Gasteiger partial charge in [-0.1, -0.05) is 13.8 Å². The van der Waals surface area contributed by atoms with E-state index in [9.17, 15) is 9.59 Å². The van der Waals surface area contributed by atoms with Gasteiger partial charge in [0.1, 0.15) is 6.61 Å². The normalized spacial score (nSPS) is 9.85. The second-order valence-corrected chi connectivity index (χ2v) is 3.17. The van der Waals surface area contributed by atoms with E-state index in [0.717, 1.165) is 0 Å². The van der Waals surface area contributed by atoms with Gasteiger partial charge in [0.05, 0.1) is 13.0 Å². The minimum atomic E-state index is -0.378. The molecule has 76 valence electrons. The van der Waals surface area contributed by atoms with Crippen LogP contribution in [0.15, 0.2) is 0 Å². The molecule has 0 saturated carbocycles. The predicted molar refractivity (Wildman–Crippen MR) is 47.0 cm³/mol. The molecule has 0 fully saturated rings. The Bertz CT molecular complexity index is 174. The summed E-state index contributed by atoms with van der Waals surface area (Å²) in [6.07, 6.45) is 0.131. The molecule has 0 atom stereocenters. The molecule has 0 radical (unpaired) electrons. The molecule has 0 aromatic heterocycles. The summed E-state index contributed by atoms with van der Waals surface area (Å²) >= 11 is 0. The molecule has 13 heavy (non-hydrogen) atoms. The Balaban J connectivity index is 3.35. The molecule has 0 saturated heterocycles. The highest BCUT2D eigenvalue weighted by molar-refractivity contribution is 5.70. The van der Waals surface area contributed by atoms with Gasteiger partial charge in [0.2, 0.25) is 0 Å². The Morgan fingerprint density at radius 3 is 2.31 bits per heavy atom. The van der Waals surface area contributed by atoms with Crippen LogP contribution in [0.2, 0.25) is 0 Å². The minimum absolute atomic E-state index is 0.103. The summed E-state index contributed by atoms with van der Waals surface area (Å²) in [5.41, 5.74) is 0. The van der Waals surface area contributed by atoms with E-state index in [-0.39, 0.29) is 25.0 Å². The molecule has 0 aromatic carbocycles. The highest BCUT2D eigenvalue weighted by Crippen LogP contribution is 1.95. The smallest absolute Gasteiger partial charge is 0.309 e. The van der Waals surface area contributed by atoms with Crippen molar-refractivity contribution in [3.63, 3.8) is 0 Å². The topological polar surface area (TPSA) is 52.6 Å². The summed E-state index contributed by atoms with van der Waals surface area (Å²) in [5, 5.41) is 0. The third kappa shape index (κ3) is 8.85. The van der Waals surface area contributed by atoms with Crippen LogP contribution in [0.1, 0.15) is 27.2 Å². The maximum Gasteiger partial charge on any atom is 0.309 e. The number of carbonyl (C=O) groups is 2. The number of carbonyl (C=O) groups excluding carboxylic acids is 2. The first-order valence-corrected chi connectivity index (χ1v) is 4.31. The molecule has 0 unspecified atom stereocenters. The Kier molecular flexibility index (Phi) is 5.93. The van der Waals surface area contributed by atoms with Crippen LogP contribution in [-0.2, 0) is 19.1 Å². The third-order valence-electron chi connectivity index (χ3n) is 1.19. The average molecular weight is 188 g/mol. The van der Waals surface area contributed by atoms with Gasteiger partial charge >= 0.3 is 11.9 Å². The van der Waals surface area contributed by atoms with Crippen molar-refractivity contribution in [2.24, 2.45) is 5.92 Å². The Labute approximate surface area is 78.2 Å². The molecule has 0 amide bonds. The van der Waals surface area contributed by atoms with Gasteiger partial charge in [-0.2, -0.15) is 0 Å². The van der Waals surface area contributed by atoms with E-state index in [4.69, 9.17) is 4.74 Å². The van der Waals surface area contributed by atoms with E-state index in [1.807, 2.05) is 13.8 Å². The average Bonchev–Trinajstić information content (AvgIpc) is 2.00. The molecule has 4 heteroatoms. The van der Waals surface area contributed by atoms with E-state index < -0.39 is 0 Å². The fraction of sp³-hybridized carbons (Fsp3) is 0.778. The number of hydrogen-bond donors (Lipinski definition) is 0. The van der Waals surface area contributed by atoms with E-state index in [0.29, 0.717) is 12.5 Å². The van der Waals surface area contributed by atoms with Crippen LogP contribution in [0.5, 0.6) is 0 Å². The van der Waals surface area contributed by atoms with E-state index in [1.165, 1.54) is 6.92 Å². The second kappa shape index (κ2) is 6.46. The van der Waals surface area contributed by atoms with Crippen molar-refractivity contribution in [1.29, 1.82) is 0 Å². The number of hydrogen-bond acceptors (Lipinski definition) is 4. The largest absolute Gasteiger partial charge is 0.465 e. The van der Waals surface area contributed by atoms with Gasteiger partial charge in [-0.3, -0.25) is 9.59 Å². The van der Waals surface area contributed by atoms with Crippen molar-refractivity contribution in [2.45, 2.75) is 27.2 Å². The standard InChI is InChI=1S/C9H16O4/c1-7(2)6-13-9(11)4-5-12-8(3)10/h7H,4-6H2,1-3H3. The Morgan fingerprint density at radius 2 is 1.85 bits per heavy atom. The fourth-order valence-corrected chi connectivity index (χ4v) is 0.610. The first-order valence-electron chi connectivity index (χ1n) is 4.31. The summed E-state index contributed by atoms with van der Waals surface area (Å²) in [4.78, 5) is 21.2. The molecule has 0 N–H and O–H groups in total. The maximum absolute atomic E-state index is 10.9. The lowest BCUT2D eigenvalue weighted by atomic mass is 10.2. The van der Waals surface area contributed by atoms with E-state index >= 15 is 0 Å². The molecule has 0 aliphatic carbocycles. The molecule has 0 rings (SSSR count). The van der Waals surface area contributed by atoms with Gasteiger partial charge < -0.3 is 9.47 Å². The van der Waals surface area contributed by atoms with Crippen LogP contribution >= 0.6 is 0 Å². The molecule has 0 bridgehead atoms. The van der Waals surface area contributed by atoms with Gasteiger partial charge in [-0.05, 0) is 5.92 Å². The Morgan fingerprint density at radius 1 is 1.23 bits per heavy atom. The number of esters is 2. The third-order valence-corrected chi connectivity index (χ3v) is 1.19. The number of rotatable bonds is 5. The minimum Gasteiger partial charge on any atom is -0.465 e. The predicted octanol–water partition coefficient (Wildman–Crippen LogP) is 1.14. The molecular formula is C9H16O4. The molecule has 4 nitrogen and oxygen atoms in total. The van der Waals surface area contributed by atoms with Gasteiger partial charge in [0.25, 0.3) is 0 Å².